The van der Waals surface area contributed by atoms with Crippen molar-refractivity contribution in [1.29, 1.82) is 0 Å². The number of likely N-dealkylation sites (tertiary alicyclic amines) is 1. The van der Waals surface area contributed by atoms with Crippen LogP contribution >= 0.6 is 51.3 Å². The van der Waals surface area contributed by atoms with Crippen LogP contribution in [-0.2, 0) is 6.61 Å². The molecule has 0 amide bonds. The predicted molar refractivity (Wildman–Crippen MR) is 107 cm³/mol. The zero-order valence-electron chi connectivity index (χ0n) is 12.9. The van der Waals surface area contributed by atoms with Gasteiger partial charge in [-0.25, -0.2) is 0 Å². The topological polar surface area (TPSA) is 12.5 Å². The van der Waals surface area contributed by atoms with Gasteiger partial charge in [0, 0.05) is 33.2 Å². The van der Waals surface area contributed by atoms with E-state index in [9.17, 15) is 0 Å². The number of rotatable bonds is 4. The van der Waals surface area contributed by atoms with E-state index in [0.717, 1.165) is 39.4 Å². The van der Waals surface area contributed by atoms with Gasteiger partial charge in [-0.05, 0) is 43.2 Å². The summed E-state index contributed by atoms with van der Waals surface area (Å²) < 4.78 is 7.00. The Morgan fingerprint density at radius 1 is 1.12 bits per heavy atom. The highest BCUT2D eigenvalue weighted by atomic mass is 79.9. The molecule has 2 aromatic rings. The molecule has 24 heavy (non-hydrogen) atoms. The second-order valence-electron chi connectivity index (χ2n) is 5.66. The summed E-state index contributed by atoms with van der Waals surface area (Å²) in [6.07, 6.45) is 2.37. The fourth-order valence-corrected chi connectivity index (χ4v) is 3.85. The molecule has 6 heteroatoms. The molecule has 0 spiro atoms. The van der Waals surface area contributed by atoms with Crippen LogP contribution in [0.5, 0.6) is 5.75 Å². The van der Waals surface area contributed by atoms with Crippen molar-refractivity contribution in [2.45, 2.75) is 19.4 Å². The summed E-state index contributed by atoms with van der Waals surface area (Å²) in [5, 5.41) is 1.21. The van der Waals surface area contributed by atoms with Gasteiger partial charge in [-0.15, -0.1) is 0 Å². The average Bonchev–Trinajstić information content (AvgIpc) is 3.09. The minimum Gasteiger partial charge on any atom is -0.488 e. The van der Waals surface area contributed by atoms with Gasteiger partial charge >= 0.3 is 0 Å². The largest absolute Gasteiger partial charge is 0.488 e. The molecular formula is C18H16BrCl2NOS. The molecule has 0 aliphatic carbocycles. The summed E-state index contributed by atoms with van der Waals surface area (Å²) in [5.74, 6) is 0.765. The van der Waals surface area contributed by atoms with E-state index in [2.05, 4.69) is 20.8 Å². The lowest BCUT2D eigenvalue weighted by Gasteiger charge is -2.21. The number of nitrogens with zero attached hydrogens (tertiary/aromatic N) is 1. The minimum atomic E-state index is 0.368. The summed E-state index contributed by atoms with van der Waals surface area (Å²) in [7, 11) is 0. The Hall–Kier alpha value is -0.810. The van der Waals surface area contributed by atoms with Crippen LogP contribution < -0.4 is 4.74 Å². The van der Waals surface area contributed by atoms with E-state index >= 15 is 0 Å². The lowest BCUT2D eigenvalue weighted by molar-refractivity contribution is 0.305. The third kappa shape index (κ3) is 4.23. The van der Waals surface area contributed by atoms with Gasteiger partial charge in [0.25, 0.3) is 0 Å². The van der Waals surface area contributed by atoms with Crippen LogP contribution in [0.4, 0.5) is 0 Å². The average molecular weight is 445 g/mol. The number of hydrogen-bond acceptors (Lipinski definition) is 2. The molecule has 2 nitrogen and oxygen atoms in total. The van der Waals surface area contributed by atoms with Crippen molar-refractivity contribution >= 4 is 56.3 Å². The quantitative estimate of drug-likeness (QED) is 0.528. The molecule has 1 saturated heterocycles. The van der Waals surface area contributed by atoms with Crippen molar-refractivity contribution < 1.29 is 4.74 Å². The molecule has 2 aromatic carbocycles. The van der Waals surface area contributed by atoms with Crippen molar-refractivity contribution in [3.63, 3.8) is 0 Å². The van der Waals surface area contributed by atoms with Crippen molar-refractivity contribution in [2.24, 2.45) is 0 Å². The Balaban J connectivity index is 1.81. The molecule has 0 radical (unpaired) electrons. The molecule has 3 rings (SSSR count). The first-order valence-electron chi connectivity index (χ1n) is 7.70. The van der Waals surface area contributed by atoms with Crippen molar-refractivity contribution in [2.75, 3.05) is 13.1 Å². The Morgan fingerprint density at radius 3 is 2.58 bits per heavy atom. The smallest absolute Gasteiger partial charge is 0.130 e. The maximum Gasteiger partial charge on any atom is 0.130 e. The van der Waals surface area contributed by atoms with Crippen molar-refractivity contribution in [3.05, 3.63) is 62.0 Å². The summed E-state index contributed by atoms with van der Waals surface area (Å²) >= 11 is 21.4. The fourth-order valence-electron chi connectivity index (χ4n) is 2.68. The van der Waals surface area contributed by atoms with Gasteiger partial charge in [0.1, 0.15) is 17.3 Å². The number of benzene rings is 2. The van der Waals surface area contributed by atoms with E-state index in [-0.39, 0.29) is 0 Å². The van der Waals surface area contributed by atoms with Crippen LogP contribution in [0.3, 0.4) is 0 Å². The van der Waals surface area contributed by atoms with E-state index in [1.54, 1.807) is 6.07 Å². The zero-order chi connectivity index (χ0) is 17.1. The highest BCUT2D eigenvalue weighted by Crippen LogP contribution is 2.29. The first-order valence-corrected chi connectivity index (χ1v) is 9.66. The van der Waals surface area contributed by atoms with Gasteiger partial charge < -0.3 is 9.64 Å². The number of ether oxygens (including phenoxy) is 1. The van der Waals surface area contributed by atoms with Gasteiger partial charge in [0.2, 0.25) is 0 Å². The summed E-state index contributed by atoms with van der Waals surface area (Å²) in [4.78, 5) is 3.07. The molecule has 126 valence electrons. The van der Waals surface area contributed by atoms with Crippen molar-refractivity contribution in [3.8, 4) is 5.75 Å². The van der Waals surface area contributed by atoms with E-state index in [1.807, 2.05) is 30.3 Å². The fraction of sp³-hybridized carbons (Fsp3) is 0.278. The molecule has 0 aromatic heterocycles. The van der Waals surface area contributed by atoms with Crippen LogP contribution in [0.15, 0.2) is 40.9 Å². The molecule has 0 bridgehead atoms. The van der Waals surface area contributed by atoms with Gasteiger partial charge in [-0.1, -0.05) is 57.4 Å². The molecule has 0 saturated carbocycles. The SMILES string of the molecule is S=C(c1cc(Br)ccc1OCc1ccc(Cl)cc1Cl)N1CCCC1. The Kier molecular flexibility index (Phi) is 6.03. The minimum absolute atomic E-state index is 0.368. The molecule has 0 N–H and O–H groups in total. The third-order valence-corrected chi connectivity index (χ3v) is 5.52. The van der Waals surface area contributed by atoms with Crippen LogP contribution in [-0.4, -0.2) is 23.0 Å². The van der Waals surface area contributed by atoms with E-state index in [1.165, 1.54) is 12.8 Å². The lowest BCUT2D eigenvalue weighted by atomic mass is 10.2. The lowest BCUT2D eigenvalue weighted by Crippen LogP contribution is -2.27. The molecular weight excluding hydrogens is 429 g/mol. The maximum absolute atomic E-state index is 6.22. The Morgan fingerprint density at radius 2 is 1.88 bits per heavy atom. The summed E-state index contributed by atoms with van der Waals surface area (Å²) in [6, 6.07) is 11.3. The molecule has 0 atom stereocenters. The van der Waals surface area contributed by atoms with Gasteiger partial charge in [-0.2, -0.15) is 0 Å². The van der Waals surface area contributed by atoms with Crippen LogP contribution in [0, 0.1) is 0 Å². The number of halogens is 3. The van der Waals surface area contributed by atoms with Crippen LogP contribution in [0.25, 0.3) is 0 Å². The van der Waals surface area contributed by atoms with Gasteiger partial charge in [0.05, 0.1) is 5.56 Å². The van der Waals surface area contributed by atoms with E-state index in [4.69, 9.17) is 40.2 Å². The first kappa shape index (κ1) is 18.0. The predicted octanol–water partition coefficient (Wildman–Crippen LogP) is 6.11. The Bertz CT molecular complexity index is 763. The number of hydrogen-bond donors (Lipinski definition) is 0. The second kappa shape index (κ2) is 8.05. The maximum atomic E-state index is 6.22. The van der Waals surface area contributed by atoms with Gasteiger partial charge in [0.15, 0.2) is 0 Å². The molecule has 1 aliphatic heterocycles. The highest BCUT2D eigenvalue weighted by molar-refractivity contribution is 9.10. The molecule has 1 fully saturated rings. The zero-order valence-corrected chi connectivity index (χ0v) is 16.8. The monoisotopic (exact) mass is 443 g/mol. The van der Waals surface area contributed by atoms with Crippen LogP contribution in [0.1, 0.15) is 24.0 Å². The van der Waals surface area contributed by atoms with E-state index in [0.29, 0.717) is 16.7 Å². The first-order chi connectivity index (χ1) is 11.5. The van der Waals surface area contributed by atoms with Crippen LogP contribution in [0.2, 0.25) is 10.0 Å². The van der Waals surface area contributed by atoms with E-state index < -0.39 is 0 Å². The molecule has 1 aliphatic rings. The number of thiocarbonyl (C=S) groups is 1. The summed E-state index contributed by atoms with van der Waals surface area (Å²) in [6.45, 7) is 2.38. The third-order valence-electron chi connectivity index (χ3n) is 3.96. The summed E-state index contributed by atoms with van der Waals surface area (Å²) in [5.41, 5.74) is 1.83. The van der Waals surface area contributed by atoms with Gasteiger partial charge in [-0.3, -0.25) is 0 Å². The standard InChI is InChI=1S/C18H16BrCl2NOS/c19-13-4-6-17(15(9-13)18(24)22-7-1-2-8-22)23-11-12-3-5-14(20)10-16(12)21/h3-6,9-10H,1-2,7-8,11H2. The highest BCUT2D eigenvalue weighted by Gasteiger charge is 2.19. The molecule has 0 unspecified atom stereocenters. The normalized spacial score (nSPS) is 14.0. The Labute approximate surface area is 165 Å². The molecule has 1 heterocycles. The second-order valence-corrected chi connectivity index (χ2v) is 7.81. The van der Waals surface area contributed by atoms with Crippen molar-refractivity contribution in [1.82, 2.24) is 4.90 Å².